The minimum absolute atomic E-state index is 0.214. The average Bonchev–Trinajstić information content (AvgIpc) is 2.32. The summed E-state index contributed by atoms with van der Waals surface area (Å²) in [4.78, 5) is 16.6. The maximum atomic E-state index is 11.8. The molecule has 0 spiro atoms. The van der Waals surface area contributed by atoms with E-state index >= 15 is 0 Å². The minimum Gasteiger partial charge on any atom is -0.481 e. The summed E-state index contributed by atoms with van der Waals surface area (Å²) in [5.41, 5.74) is 2.19. The molecule has 1 amide bonds. The zero-order valence-electron chi connectivity index (χ0n) is 11.0. The quantitative estimate of drug-likeness (QED) is 0.753. The van der Waals surface area contributed by atoms with Gasteiger partial charge in [0.1, 0.15) is 5.75 Å². The van der Waals surface area contributed by atoms with Crippen molar-refractivity contribution >= 4 is 5.91 Å². The molecule has 0 saturated carbocycles. The summed E-state index contributed by atoms with van der Waals surface area (Å²) in [5, 5.41) is 1.16. The Hall–Kier alpha value is -1.55. The summed E-state index contributed by atoms with van der Waals surface area (Å²) < 4.78 is 5.64. The largest absolute Gasteiger partial charge is 0.481 e. The Labute approximate surface area is 102 Å². The lowest BCUT2D eigenvalue weighted by Gasteiger charge is -2.21. The molecule has 17 heavy (non-hydrogen) atoms. The van der Waals surface area contributed by atoms with E-state index in [1.807, 2.05) is 32.0 Å². The van der Waals surface area contributed by atoms with Crippen molar-refractivity contribution in [1.82, 2.24) is 5.06 Å². The van der Waals surface area contributed by atoms with Crippen LogP contribution in [-0.4, -0.2) is 31.2 Å². The van der Waals surface area contributed by atoms with Gasteiger partial charge in [0.15, 0.2) is 6.10 Å². The molecular formula is C13H19NO3. The van der Waals surface area contributed by atoms with Crippen molar-refractivity contribution in [2.24, 2.45) is 0 Å². The number of amides is 1. The molecule has 0 fully saturated rings. The van der Waals surface area contributed by atoms with E-state index in [9.17, 15) is 4.79 Å². The van der Waals surface area contributed by atoms with Crippen LogP contribution in [0.4, 0.5) is 0 Å². The van der Waals surface area contributed by atoms with Gasteiger partial charge in [-0.25, -0.2) is 5.06 Å². The van der Waals surface area contributed by atoms with Crippen LogP contribution >= 0.6 is 0 Å². The Morgan fingerprint density at radius 1 is 1.35 bits per heavy atom. The summed E-state index contributed by atoms with van der Waals surface area (Å²) in [6.07, 6.45) is -0.569. The maximum absolute atomic E-state index is 11.8. The Morgan fingerprint density at radius 2 is 2.00 bits per heavy atom. The second-order valence-corrected chi connectivity index (χ2v) is 3.98. The van der Waals surface area contributed by atoms with E-state index in [1.54, 1.807) is 14.0 Å². The number of hydrogen-bond donors (Lipinski definition) is 0. The molecule has 1 aromatic carbocycles. The van der Waals surface area contributed by atoms with Gasteiger partial charge in [-0.2, -0.15) is 0 Å². The molecule has 0 N–H and O–H groups in total. The fourth-order valence-corrected chi connectivity index (χ4v) is 1.44. The number of nitrogens with zero attached hydrogens (tertiary/aromatic N) is 1. The van der Waals surface area contributed by atoms with Gasteiger partial charge < -0.3 is 4.74 Å². The first-order chi connectivity index (χ1) is 7.97. The Balaban J connectivity index is 2.78. The zero-order valence-corrected chi connectivity index (χ0v) is 11.0. The molecule has 0 bridgehead atoms. The molecule has 0 aromatic heterocycles. The predicted molar refractivity (Wildman–Crippen MR) is 65.8 cm³/mol. The molecule has 0 saturated heterocycles. The summed E-state index contributed by atoms with van der Waals surface area (Å²) in [6, 6.07) is 5.78. The number of carbonyl (C=O) groups is 1. The van der Waals surface area contributed by atoms with Gasteiger partial charge in [-0.1, -0.05) is 12.1 Å². The fourth-order valence-electron chi connectivity index (χ4n) is 1.44. The van der Waals surface area contributed by atoms with Gasteiger partial charge >= 0.3 is 0 Å². The Bertz CT molecular complexity index is 404. The lowest BCUT2D eigenvalue weighted by atomic mass is 10.1. The lowest BCUT2D eigenvalue weighted by Crippen LogP contribution is -2.37. The number of rotatable bonds is 4. The van der Waals surface area contributed by atoms with E-state index in [-0.39, 0.29) is 5.91 Å². The molecule has 4 heteroatoms. The summed E-state index contributed by atoms with van der Waals surface area (Å²) in [7, 11) is 3.01. The van der Waals surface area contributed by atoms with Crippen LogP contribution in [0.3, 0.4) is 0 Å². The molecule has 0 aliphatic heterocycles. The normalized spacial score (nSPS) is 12.1. The van der Waals surface area contributed by atoms with Gasteiger partial charge in [-0.05, 0) is 38.0 Å². The van der Waals surface area contributed by atoms with E-state index in [0.717, 1.165) is 21.9 Å². The van der Waals surface area contributed by atoms with Crippen molar-refractivity contribution in [2.75, 3.05) is 14.2 Å². The third-order valence-electron chi connectivity index (χ3n) is 2.79. The van der Waals surface area contributed by atoms with Gasteiger partial charge in [-0.3, -0.25) is 9.63 Å². The number of benzene rings is 1. The first-order valence-electron chi connectivity index (χ1n) is 5.52. The van der Waals surface area contributed by atoms with Gasteiger partial charge in [-0.15, -0.1) is 0 Å². The molecule has 4 nitrogen and oxygen atoms in total. The van der Waals surface area contributed by atoms with E-state index in [4.69, 9.17) is 9.57 Å². The van der Waals surface area contributed by atoms with Crippen molar-refractivity contribution < 1.29 is 14.4 Å². The molecule has 0 aliphatic carbocycles. The smallest absolute Gasteiger partial charge is 0.286 e. The Morgan fingerprint density at radius 3 is 2.59 bits per heavy atom. The number of ether oxygens (including phenoxy) is 1. The van der Waals surface area contributed by atoms with E-state index < -0.39 is 6.10 Å². The average molecular weight is 237 g/mol. The van der Waals surface area contributed by atoms with Crippen LogP contribution in [0, 0.1) is 13.8 Å². The van der Waals surface area contributed by atoms with Crippen molar-refractivity contribution in [3.8, 4) is 5.75 Å². The van der Waals surface area contributed by atoms with Crippen molar-refractivity contribution in [3.63, 3.8) is 0 Å². The number of likely N-dealkylation sites (N-methyl/N-ethyl adjacent to an activating group) is 1. The highest BCUT2D eigenvalue weighted by molar-refractivity contribution is 5.79. The second-order valence-electron chi connectivity index (χ2n) is 3.98. The maximum Gasteiger partial charge on any atom is 0.286 e. The molecule has 1 unspecified atom stereocenters. The number of carbonyl (C=O) groups excluding carboxylic acids is 1. The van der Waals surface area contributed by atoms with Crippen LogP contribution in [0.5, 0.6) is 5.75 Å². The highest BCUT2D eigenvalue weighted by Crippen LogP contribution is 2.22. The van der Waals surface area contributed by atoms with Gasteiger partial charge in [0.05, 0.1) is 7.11 Å². The predicted octanol–water partition coefficient (Wildman–Crippen LogP) is 2.09. The van der Waals surface area contributed by atoms with Gasteiger partial charge in [0.25, 0.3) is 5.91 Å². The number of aryl methyl sites for hydroxylation is 1. The molecule has 0 heterocycles. The standard InChI is InChI=1S/C13H19NO3/c1-9-7-6-8-12(10(9)2)17-11(3)13(15)14(4)16-5/h6-8,11H,1-5H3. The van der Waals surface area contributed by atoms with Crippen LogP contribution in [0.15, 0.2) is 18.2 Å². The molecular weight excluding hydrogens is 218 g/mol. The fraction of sp³-hybridized carbons (Fsp3) is 0.462. The summed E-state index contributed by atoms with van der Waals surface area (Å²) in [5.74, 6) is 0.517. The van der Waals surface area contributed by atoms with E-state index in [2.05, 4.69) is 0 Å². The van der Waals surface area contributed by atoms with Gasteiger partial charge in [0.2, 0.25) is 0 Å². The molecule has 0 radical (unpaired) electrons. The topological polar surface area (TPSA) is 38.8 Å². The monoisotopic (exact) mass is 237 g/mol. The third-order valence-corrected chi connectivity index (χ3v) is 2.79. The number of hydroxylamine groups is 2. The minimum atomic E-state index is -0.569. The van der Waals surface area contributed by atoms with Crippen LogP contribution in [0.25, 0.3) is 0 Å². The molecule has 1 aromatic rings. The SMILES string of the molecule is CON(C)C(=O)C(C)Oc1cccc(C)c1C. The van der Waals surface area contributed by atoms with Crippen molar-refractivity contribution in [1.29, 1.82) is 0 Å². The highest BCUT2D eigenvalue weighted by atomic mass is 16.7. The molecule has 1 atom stereocenters. The first-order valence-corrected chi connectivity index (χ1v) is 5.52. The van der Waals surface area contributed by atoms with Crippen molar-refractivity contribution in [2.45, 2.75) is 26.9 Å². The zero-order chi connectivity index (χ0) is 13.0. The molecule has 1 rings (SSSR count). The first kappa shape index (κ1) is 13.5. The van der Waals surface area contributed by atoms with Gasteiger partial charge in [0, 0.05) is 7.05 Å². The van der Waals surface area contributed by atoms with Crippen LogP contribution < -0.4 is 4.74 Å². The lowest BCUT2D eigenvalue weighted by molar-refractivity contribution is -0.175. The van der Waals surface area contributed by atoms with Crippen molar-refractivity contribution in [3.05, 3.63) is 29.3 Å². The van der Waals surface area contributed by atoms with Crippen LogP contribution in [0.1, 0.15) is 18.1 Å². The summed E-state index contributed by atoms with van der Waals surface area (Å²) in [6.45, 7) is 5.69. The molecule has 94 valence electrons. The second kappa shape index (κ2) is 5.68. The number of hydrogen-bond acceptors (Lipinski definition) is 3. The highest BCUT2D eigenvalue weighted by Gasteiger charge is 2.19. The van der Waals surface area contributed by atoms with Crippen LogP contribution in [0.2, 0.25) is 0 Å². The third kappa shape index (κ3) is 3.20. The summed E-state index contributed by atoms with van der Waals surface area (Å²) >= 11 is 0. The molecule has 0 aliphatic rings. The van der Waals surface area contributed by atoms with Crippen LogP contribution in [-0.2, 0) is 9.63 Å². The van der Waals surface area contributed by atoms with E-state index in [1.165, 1.54) is 7.11 Å². The van der Waals surface area contributed by atoms with E-state index in [0.29, 0.717) is 0 Å². The Kier molecular flexibility index (Phi) is 4.52.